The Labute approximate surface area is 238 Å². The minimum Gasteiger partial charge on any atom is -0.493 e. The van der Waals surface area contributed by atoms with E-state index in [9.17, 15) is 8.42 Å². The highest BCUT2D eigenvalue weighted by atomic mass is 35.5. The molecule has 1 aliphatic rings. The fourth-order valence-corrected chi connectivity index (χ4v) is 5.98. The molecule has 210 valence electrons. The molecule has 2 heterocycles. The average molecular weight is 585 g/mol. The molecule has 1 saturated heterocycles. The molecule has 0 aliphatic carbocycles. The lowest BCUT2D eigenvalue weighted by Gasteiger charge is -2.26. The third kappa shape index (κ3) is 6.46. The second kappa shape index (κ2) is 12.4. The summed E-state index contributed by atoms with van der Waals surface area (Å²) in [6, 6.07) is 13.3. The Bertz CT molecular complexity index is 1600. The molecule has 1 aromatic heterocycles. The van der Waals surface area contributed by atoms with Gasteiger partial charge in [0, 0.05) is 28.6 Å². The Kier molecular flexibility index (Phi) is 8.68. The lowest BCUT2D eigenvalue weighted by Crippen LogP contribution is -2.31. The summed E-state index contributed by atoms with van der Waals surface area (Å²) in [5.74, 6) is 0.410. The van der Waals surface area contributed by atoms with Gasteiger partial charge in [0.15, 0.2) is 11.5 Å². The molecule has 0 spiro atoms. The van der Waals surface area contributed by atoms with E-state index in [0.29, 0.717) is 39.7 Å². The van der Waals surface area contributed by atoms with Gasteiger partial charge in [0.1, 0.15) is 12.1 Å². The first-order valence-electron chi connectivity index (χ1n) is 13.1. The van der Waals surface area contributed by atoms with Crippen molar-refractivity contribution >= 4 is 38.2 Å². The number of nitrogens with zero attached hydrogens (tertiary/aromatic N) is 3. The van der Waals surface area contributed by atoms with Gasteiger partial charge in [-0.2, -0.15) is 0 Å². The molecular weight excluding hydrogens is 555 g/mol. The molecule has 0 atom stereocenters. The molecule has 0 saturated carbocycles. The summed E-state index contributed by atoms with van der Waals surface area (Å²) in [6.07, 6.45) is 6.08. The van der Waals surface area contributed by atoms with E-state index < -0.39 is 15.8 Å². The van der Waals surface area contributed by atoms with Crippen LogP contribution in [0.15, 0.2) is 65.8 Å². The van der Waals surface area contributed by atoms with Crippen LogP contribution in [0.3, 0.4) is 0 Å². The first kappa shape index (κ1) is 28.1. The van der Waals surface area contributed by atoms with Crippen molar-refractivity contribution < 1.29 is 22.3 Å². The summed E-state index contributed by atoms with van der Waals surface area (Å²) in [6.45, 7) is 3.82. The molecule has 1 aliphatic heterocycles. The molecular formula is C29H30ClFN4O4S. The van der Waals surface area contributed by atoms with Crippen molar-refractivity contribution in [2.24, 2.45) is 0 Å². The van der Waals surface area contributed by atoms with Crippen LogP contribution >= 0.6 is 11.6 Å². The van der Waals surface area contributed by atoms with Crippen LogP contribution in [0.5, 0.6) is 11.5 Å². The number of sulfonamides is 1. The molecule has 0 bridgehead atoms. The molecule has 0 amide bonds. The zero-order valence-electron chi connectivity index (χ0n) is 22.1. The number of halogens is 2. The van der Waals surface area contributed by atoms with Crippen LogP contribution in [0.4, 0.5) is 10.1 Å². The third-order valence-corrected chi connectivity index (χ3v) is 8.50. The number of ether oxygens (including phenoxy) is 2. The van der Waals surface area contributed by atoms with E-state index in [1.54, 1.807) is 19.2 Å². The molecule has 5 rings (SSSR count). The minimum absolute atomic E-state index is 0.0137. The first-order valence-corrected chi connectivity index (χ1v) is 15.0. The zero-order chi connectivity index (χ0) is 28.1. The van der Waals surface area contributed by atoms with Crippen LogP contribution in [0.1, 0.15) is 25.7 Å². The van der Waals surface area contributed by atoms with E-state index >= 15 is 4.39 Å². The number of aromatic nitrogens is 2. The van der Waals surface area contributed by atoms with Crippen LogP contribution in [-0.2, 0) is 10.0 Å². The van der Waals surface area contributed by atoms with Crippen LogP contribution < -0.4 is 14.2 Å². The number of likely N-dealkylation sites (tertiary alicyclic amines) is 1. The molecule has 3 aromatic carbocycles. The van der Waals surface area contributed by atoms with Crippen LogP contribution in [0.2, 0.25) is 5.02 Å². The van der Waals surface area contributed by atoms with E-state index in [1.165, 1.54) is 62.0 Å². The summed E-state index contributed by atoms with van der Waals surface area (Å²) >= 11 is 5.85. The highest BCUT2D eigenvalue weighted by Crippen LogP contribution is 2.36. The Morgan fingerprint density at radius 3 is 2.50 bits per heavy atom. The number of hydrogen-bond acceptors (Lipinski definition) is 7. The topological polar surface area (TPSA) is 93.6 Å². The number of anilines is 1. The highest BCUT2D eigenvalue weighted by Gasteiger charge is 2.18. The van der Waals surface area contributed by atoms with Gasteiger partial charge in [-0.05, 0) is 80.9 Å². The maximum atomic E-state index is 15.3. The smallest absolute Gasteiger partial charge is 0.261 e. The van der Waals surface area contributed by atoms with Crippen molar-refractivity contribution in [3.05, 3.63) is 71.8 Å². The van der Waals surface area contributed by atoms with Crippen LogP contribution in [-0.4, -0.2) is 56.6 Å². The molecule has 0 radical (unpaired) electrons. The van der Waals surface area contributed by atoms with E-state index in [1.807, 2.05) is 0 Å². The standard InChI is InChI=1S/C29H30ClFN4O4S/c1-38-27-17-24-26(18-28(27)39-15-5-14-35-12-3-2-4-13-35)32-19-33-29(24)23-11-8-21(16-25(23)31)34-40(36,37)22-9-6-20(30)7-10-22/h6-11,16-19,34H,2-5,12-15H2,1H3. The Morgan fingerprint density at radius 2 is 1.77 bits per heavy atom. The minimum atomic E-state index is -3.92. The highest BCUT2D eigenvalue weighted by molar-refractivity contribution is 7.92. The molecule has 1 fully saturated rings. The quantitative estimate of drug-likeness (QED) is 0.223. The molecule has 1 N–H and O–H groups in total. The summed E-state index contributed by atoms with van der Waals surface area (Å²) < 4.78 is 54.8. The number of rotatable bonds is 10. The van der Waals surface area contributed by atoms with Crippen molar-refractivity contribution in [2.45, 2.75) is 30.6 Å². The Hall–Kier alpha value is -3.47. The number of fused-ring (bicyclic) bond motifs is 1. The second-order valence-corrected chi connectivity index (χ2v) is 11.7. The number of benzene rings is 3. The van der Waals surface area contributed by atoms with Gasteiger partial charge in [-0.1, -0.05) is 18.0 Å². The van der Waals surface area contributed by atoms with E-state index in [-0.39, 0.29) is 16.1 Å². The van der Waals surface area contributed by atoms with Crippen molar-refractivity contribution in [3.63, 3.8) is 0 Å². The summed E-state index contributed by atoms with van der Waals surface area (Å²) in [5.41, 5.74) is 1.19. The molecule has 4 aromatic rings. The van der Waals surface area contributed by atoms with Gasteiger partial charge in [-0.3, -0.25) is 4.72 Å². The van der Waals surface area contributed by atoms with Crippen molar-refractivity contribution in [3.8, 4) is 22.8 Å². The largest absolute Gasteiger partial charge is 0.493 e. The zero-order valence-corrected chi connectivity index (χ0v) is 23.6. The maximum Gasteiger partial charge on any atom is 0.261 e. The maximum absolute atomic E-state index is 15.3. The second-order valence-electron chi connectivity index (χ2n) is 9.60. The van der Waals surface area contributed by atoms with Crippen LogP contribution in [0, 0.1) is 5.82 Å². The van der Waals surface area contributed by atoms with Crippen LogP contribution in [0.25, 0.3) is 22.2 Å². The lowest BCUT2D eigenvalue weighted by molar-refractivity contribution is 0.203. The lowest BCUT2D eigenvalue weighted by atomic mass is 10.0. The molecule has 40 heavy (non-hydrogen) atoms. The van der Waals surface area contributed by atoms with E-state index in [4.69, 9.17) is 21.1 Å². The van der Waals surface area contributed by atoms with Crippen molar-refractivity contribution in [2.75, 3.05) is 38.1 Å². The van der Waals surface area contributed by atoms with Gasteiger partial charge in [0.05, 0.1) is 35.5 Å². The first-order chi connectivity index (χ1) is 19.3. The molecule has 8 nitrogen and oxygen atoms in total. The summed E-state index contributed by atoms with van der Waals surface area (Å²) in [4.78, 5) is 11.2. The summed E-state index contributed by atoms with van der Waals surface area (Å²) in [5, 5.41) is 0.989. The van der Waals surface area contributed by atoms with Gasteiger partial charge in [-0.25, -0.2) is 22.8 Å². The summed E-state index contributed by atoms with van der Waals surface area (Å²) in [7, 11) is -2.37. The van der Waals surface area contributed by atoms with Gasteiger partial charge < -0.3 is 14.4 Å². The number of nitrogens with one attached hydrogen (secondary N) is 1. The third-order valence-electron chi connectivity index (χ3n) is 6.85. The fourth-order valence-electron chi connectivity index (χ4n) is 4.80. The SMILES string of the molecule is COc1cc2c(-c3ccc(NS(=O)(=O)c4ccc(Cl)cc4)cc3F)ncnc2cc1OCCCN1CCCCC1. The average Bonchev–Trinajstić information content (AvgIpc) is 2.95. The molecule has 0 unspecified atom stereocenters. The van der Waals surface area contributed by atoms with E-state index in [0.717, 1.165) is 32.1 Å². The van der Waals surface area contributed by atoms with Gasteiger partial charge in [-0.15, -0.1) is 0 Å². The number of hydrogen-bond donors (Lipinski definition) is 1. The Morgan fingerprint density at radius 1 is 1.00 bits per heavy atom. The van der Waals surface area contributed by atoms with Crippen molar-refractivity contribution in [1.29, 1.82) is 0 Å². The monoisotopic (exact) mass is 584 g/mol. The van der Waals surface area contributed by atoms with Gasteiger partial charge >= 0.3 is 0 Å². The fraction of sp³-hybridized carbons (Fsp3) is 0.310. The molecule has 11 heteroatoms. The Balaban J connectivity index is 1.35. The van der Waals surface area contributed by atoms with Gasteiger partial charge in [0.2, 0.25) is 0 Å². The normalized spacial score (nSPS) is 14.3. The predicted octanol–water partition coefficient (Wildman–Crippen LogP) is 6.15. The van der Waals surface area contributed by atoms with E-state index in [2.05, 4.69) is 19.6 Å². The van der Waals surface area contributed by atoms with Crippen molar-refractivity contribution in [1.82, 2.24) is 14.9 Å². The number of piperidine rings is 1. The number of methoxy groups -OCH3 is 1. The van der Waals surface area contributed by atoms with Gasteiger partial charge in [0.25, 0.3) is 10.0 Å². The predicted molar refractivity (Wildman–Crippen MR) is 154 cm³/mol.